The molecule has 32 heavy (non-hydrogen) atoms. The van der Waals surface area contributed by atoms with E-state index in [2.05, 4.69) is 54.5 Å². The number of ether oxygens (including phenoxy) is 1. The van der Waals surface area contributed by atoms with Gasteiger partial charge in [0.25, 0.3) is 0 Å². The van der Waals surface area contributed by atoms with Crippen LogP contribution in [0, 0.1) is 20.8 Å². The molecule has 1 atom stereocenters. The van der Waals surface area contributed by atoms with Gasteiger partial charge in [0.05, 0.1) is 30.5 Å². The van der Waals surface area contributed by atoms with Crippen molar-refractivity contribution >= 4 is 22.2 Å². The first-order chi connectivity index (χ1) is 15.5. The molecule has 0 fully saturated rings. The second kappa shape index (κ2) is 8.43. The molecule has 6 heteroatoms. The summed E-state index contributed by atoms with van der Waals surface area (Å²) in [6.07, 6.45) is 7.28. The SMILES string of the molecule is COc1cc(Nc2nc3c(s2)CCCC3c2cc(C)ccc2C)ccc1-n1cnc(C)c1. The third-order valence-electron chi connectivity index (χ3n) is 6.19. The highest BCUT2D eigenvalue weighted by Crippen LogP contribution is 2.42. The van der Waals surface area contributed by atoms with E-state index in [4.69, 9.17) is 9.72 Å². The maximum absolute atomic E-state index is 5.66. The molecule has 0 amide bonds. The summed E-state index contributed by atoms with van der Waals surface area (Å²) in [4.78, 5) is 10.8. The summed E-state index contributed by atoms with van der Waals surface area (Å²) in [5, 5.41) is 4.47. The van der Waals surface area contributed by atoms with Crippen LogP contribution in [0.4, 0.5) is 10.8 Å². The summed E-state index contributed by atoms with van der Waals surface area (Å²) in [6, 6.07) is 12.9. The van der Waals surface area contributed by atoms with E-state index in [1.807, 2.05) is 30.1 Å². The van der Waals surface area contributed by atoms with Gasteiger partial charge in [-0.15, -0.1) is 11.3 Å². The topological polar surface area (TPSA) is 52.0 Å². The minimum absolute atomic E-state index is 0.381. The fourth-order valence-corrected chi connectivity index (χ4v) is 5.64. The van der Waals surface area contributed by atoms with Gasteiger partial charge in [-0.1, -0.05) is 23.8 Å². The Kier molecular flexibility index (Phi) is 5.47. The number of rotatable bonds is 5. The molecule has 1 N–H and O–H groups in total. The molecule has 1 unspecified atom stereocenters. The molecule has 0 spiro atoms. The van der Waals surface area contributed by atoms with Crippen LogP contribution in [0.3, 0.4) is 0 Å². The third kappa shape index (κ3) is 3.91. The Morgan fingerprint density at radius 2 is 2.00 bits per heavy atom. The normalized spacial score (nSPS) is 15.4. The molecular formula is C26H28N4OS. The van der Waals surface area contributed by atoms with Crippen LogP contribution in [0.5, 0.6) is 5.75 Å². The average molecular weight is 445 g/mol. The van der Waals surface area contributed by atoms with Crippen LogP contribution in [0.25, 0.3) is 5.69 Å². The summed E-state index contributed by atoms with van der Waals surface area (Å²) in [7, 11) is 1.70. The number of nitrogens with zero attached hydrogens (tertiary/aromatic N) is 3. The van der Waals surface area contributed by atoms with Gasteiger partial charge in [0.1, 0.15) is 5.75 Å². The fraction of sp³-hybridized carbons (Fsp3) is 0.308. The van der Waals surface area contributed by atoms with Crippen LogP contribution < -0.4 is 10.1 Å². The lowest BCUT2D eigenvalue weighted by molar-refractivity contribution is 0.413. The van der Waals surface area contributed by atoms with Crippen LogP contribution >= 0.6 is 11.3 Å². The molecular weight excluding hydrogens is 416 g/mol. The largest absolute Gasteiger partial charge is 0.494 e. The van der Waals surface area contributed by atoms with Gasteiger partial charge in [0, 0.05) is 28.7 Å². The van der Waals surface area contributed by atoms with Crippen LogP contribution in [-0.4, -0.2) is 21.6 Å². The molecule has 5 rings (SSSR count). The summed E-state index contributed by atoms with van der Waals surface area (Å²) in [5.74, 6) is 1.17. The number of imidazole rings is 1. The number of hydrogen-bond donors (Lipinski definition) is 1. The number of nitrogens with one attached hydrogen (secondary N) is 1. The Morgan fingerprint density at radius 3 is 2.78 bits per heavy atom. The summed E-state index contributed by atoms with van der Waals surface area (Å²) < 4.78 is 7.64. The number of fused-ring (bicyclic) bond motifs is 1. The molecule has 0 saturated heterocycles. The molecule has 5 nitrogen and oxygen atoms in total. The lowest BCUT2D eigenvalue weighted by atomic mass is 9.83. The molecule has 0 bridgehead atoms. The van der Waals surface area contributed by atoms with Crippen LogP contribution in [0.15, 0.2) is 48.9 Å². The van der Waals surface area contributed by atoms with E-state index in [9.17, 15) is 0 Å². The molecule has 0 radical (unpaired) electrons. The van der Waals surface area contributed by atoms with E-state index >= 15 is 0 Å². The van der Waals surface area contributed by atoms with Crippen molar-refractivity contribution in [2.24, 2.45) is 0 Å². The second-order valence-electron chi connectivity index (χ2n) is 8.57. The molecule has 1 aliphatic rings. The number of aromatic nitrogens is 3. The van der Waals surface area contributed by atoms with Crippen molar-refractivity contribution in [1.82, 2.24) is 14.5 Å². The predicted octanol–water partition coefficient (Wildman–Crippen LogP) is 6.47. The van der Waals surface area contributed by atoms with E-state index in [-0.39, 0.29) is 0 Å². The van der Waals surface area contributed by atoms with Gasteiger partial charge in [-0.3, -0.25) is 0 Å². The highest BCUT2D eigenvalue weighted by molar-refractivity contribution is 7.15. The first kappa shape index (κ1) is 20.8. The molecule has 1 aliphatic carbocycles. The lowest BCUT2D eigenvalue weighted by Crippen LogP contribution is -2.11. The monoisotopic (exact) mass is 444 g/mol. The third-order valence-corrected chi connectivity index (χ3v) is 7.23. The lowest BCUT2D eigenvalue weighted by Gasteiger charge is -2.23. The van der Waals surface area contributed by atoms with E-state index in [1.165, 1.54) is 33.7 Å². The Bertz CT molecular complexity index is 1270. The first-order valence-corrected chi connectivity index (χ1v) is 11.9. The number of hydrogen-bond acceptors (Lipinski definition) is 5. The highest BCUT2D eigenvalue weighted by Gasteiger charge is 2.27. The van der Waals surface area contributed by atoms with Gasteiger partial charge in [0.2, 0.25) is 0 Å². The van der Waals surface area contributed by atoms with Crippen molar-refractivity contribution in [3.05, 3.63) is 81.9 Å². The molecule has 2 aromatic carbocycles. The van der Waals surface area contributed by atoms with Gasteiger partial charge >= 0.3 is 0 Å². The summed E-state index contributed by atoms with van der Waals surface area (Å²) >= 11 is 1.78. The van der Waals surface area contributed by atoms with Crippen molar-refractivity contribution in [3.63, 3.8) is 0 Å². The Labute approximate surface area is 193 Å². The zero-order valence-electron chi connectivity index (χ0n) is 19.0. The second-order valence-corrected chi connectivity index (χ2v) is 9.65. The smallest absolute Gasteiger partial charge is 0.187 e. The Balaban J connectivity index is 1.44. The molecule has 164 valence electrons. The highest BCUT2D eigenvalue weighted by atomic mass is 32.1. The Morgan fingerprint density at radius 1 is 1.12 bits per heavy atom. The first-order valence-electron chi connectivity index (χ1n) is 11.0. The van der Waals surface area contributed by atoms with Crippen molar-refractivity contribution in [2.45, 2.75) is 46.0 Å². The van der Waals surface area contributed by atoms with Crippen LogP contribution in [0.1, 0.15) is 51.7 Å². The number of benzene rings is 2. The number of anilines is 2. The van der Waals surface area contributed by atoms with E-state index < -0.39 is 0 Å². The van der Waals surface area contributed by atoms with Gasteiger partial charge < -0.3 is 14.6 Å². The van der Waals surface area contributed by atoms with E-state index in [0.29, 0.717) is 5.92 Å². The number of thiazole rings is 1. The summed E-state index contributed by atoms with van der Waals surface area (Å²) in [6.45, 7) is 6.36. The number of methoxy groups -OCH3 is 1. The average Bonchev–Trinajstić information content (AvgIpc) is 3.40. The number of aryl methyl sites for hydroxylation is 4. The van der Waals surface area contributed by atoms with Crippen molar-refractivity contribution in [1.29, 1.82) is 0 Å². The standard InChI is InChI=1S/C26H28N4OS/c1-16-8-9-17(2)21(12-16)20-6-5-7-24-25(20)29-26(32-24)28-19-10-11-22(23(13-19)31-4)30-14-18(3)27-15-30/h8-15,20H,5-7H2,1-4H3,(H,28,29). The van der Waals surface area contributed by atoms with Gasteiger partial charge in [0.15, 0.2) is 5.13 Å². The zero-order chi connectivity index (χ0) is 22.2. The molecule has 0 saturated carbocycles. The van der Waals surface area contributed by atoms with E-state index in [1.54, 1.807) is 18.4 Å². The van der Waals surface area contributed by atoms with Gasteiger partial charge in [-0.2, -0.15) is 0 Å². The van der Waals surface area contributed by atoms with Crippen molar-refractivity contribution in [2.75, 3.05) is 12.4 Å². The maximum Gasteiger partial charge on any atom is 0.187 e. The molecule has 2 heterocycles. The Hall–Kier alpha value is -3.12. The predicted molar refractivity (Wildman–Crippen MR) is 131 cm³/mol. The minimum Gasteiger partial charge on any atom is -0.494 e. The van der Waals surface area contributed by atoms with Gasteiger partial charge in [-0.05, 0) is 63.3 Å². The maximum atomic E-state index is 5.66. The van der Waals surface area contributed by atoms with Crippen molar-refractivity contribution < 1.29 is 4.74 Å². The molecule has 2 aromatic heterocycles. The van der Waals surface area contributed by atoms with Gasteiger partial charge in [-0.25, -0.2) is 9.97 Å². The molecule has 4 aromatic rings. The zero-order valence-corrected chi connectivity index (χ0v) is 19.8. The minimum atomic E-state index is 0.381. The van der Waals surface area contributed by atoms with Crippen molar-refractivity contribution in [3.8, 4) is 11.4 Å². The van der Waals surface area contributed by atoms with Crippen LogP contribution in [-0.2, 0) is 6.42 Å². The summed E-state index contributed by atoms with van der Waals surface area (Å²) in [5.41, 5.74) is 8.24. The quantitative estimate of drug-likeness (QED) is 0.383. The molecule has 0 aliphatic heterocycles. The van der Waals surface area contributed by atoms with E-state index in [0.717, 1.165) is 40.8 Å². The van der Waals surface area contributed by atoms with Crippen LogP contribution in [0.2, 0.25) is 0 Å². The fourth-order valence-electron chi connectivity index (χ4n) is 4.56.